The Labute approximate surface area is 85.3 Å². The Morgan fingerprint density at radius 1 is 1.67 bits per heavy atom. The van der Waals surface area contributed by atoms with Crippen LogP contribution >= 0.6 is 27.5 Å². The van der Waals surface area contributed by atoms with Gasteiger partial charge in [-0.15, -0.1) is 0 Å². The predicted octanol–water partition coefficient (Wildman–Crippen LogP) is 2.79. The predicted molar refractivity (Wildman–Crippen MR) is 54.7 cm³/mol. The van der Waals surface area contributed by atoms with Crippen molar-refractivity contribution < 1.29 is 0 Å². The van der Waals surface area contributed by atoms with Gasteiger partial charge in [-0.1, -0.05) is 39.4 Å². The van der Waals surface area contributed by atoms with Crippen LogP contribution in [0.4, 0.5) is 0 Å². The van der Waals surface area contributed by atoms with E-state index in [2.05, 4.69) is 32.8 Å². The molecular weight excluding hydrogens is 237 g/mol. The van der Waals surface area contributed by atoms with Crippen LogP contribution in [-0.2, 0) is 0 Å². The van der Waals surface area contributed by atoms with E-state index in [4.69, 9.17) is 11.6 Å². The summed E-state index contributed by atoms with van der Waals surface area (Å²) in [5.74, 6) is 5.88. The zero-order chi connectivity index (χ0) is 8.97. The van der Waals surface area contributed by atoms with E-state index < -0.39 is 0 Å². The third kappa shape index (κ3) is 2.51. The summed E-state index contributed by atoms with van der Waals surface area (Å²) in [6, 6.07) is 1.81. The molecule has 1 rings (SSSR count). The molecule has 0 radical (unpaired) electrons. The highest BCUT2D eigenvalue weighted by molar-refractivity contribution is 9.09. The number of pyridine rings is 1. The second kappa shape index (κ2) is 4.49. The number of hydrogen-bond donors (Lipinski definition) is 0. The number of aryl methyl sites for hydroxylation is 1. The lowest BCUT2D eigenvalue weighted by atomic mass is 10.2. The molecule has 0 aliphatic heterocycles. The summed E-state index contributed by atoms with van der Waals surface area (Å²) in [6.07, 6.45) is 1.69. The van der Waals surface area contributed by atoms with Crippen LogP contribution in [0, 0.1) is 18.8 Å². The minimum Gasteiger partial charge on any atom is -0.243 e. The van der Waals surface area contributed by atoms with Gasteiger partial charge in [0.05, 0.1) is 5.33 Å². The van der Waals surface area contributed by atoms with Gasteiger partial charge in [0.1, 0.15) is 5.15 Å². The Balaban J connectivity index is 3.01. The topological polar surface area (TPSA) is 12.9 Å². The molecule has 0 amide bonds. The summed E-state index contributed by atoms with van der Waals surface area (Å²) >= 11 is 8.91. The number of alkyl halides is 1. The van der Waals surface area contributed by atoms with Gasteiger partial charge in [0, 0.05) is 11.8 Å². The van der Waals surface area contributed by atoms with Gasteiger partial charge in [0.25, 0.3) is 0 Å². The molecule has 0 bridgehead atoms. The quantitative estimate of drug-likeness (QED) is 0.388. The van der Waals surface area contributed by atoms with Gasteiger partial charge >= 0.3 is 0 Å². The first-order valence-corrected chi connectivity index (χ1v) is 4.91. The van der Waals surface area contributed by atoms with Crippen molar-refractivity contribution in [3.8, 4) is 11.8 Å². The molecule has 0 unspecified atom stereocenters. The maximum absolute atomic E-state index is 5.68. The van der Waals surface area contributed by atoms with E-state index in [1.54, 1.807) is 12.3 Å². The first kappa shape index (κ1) is 9.57. The Morgan fingerprint density at radius 3 is 3.00 bits per heavy atom. The lowest BCUT2D eigenvalue weighted by Gasteiger charge is -1.96. The fourth-order valence-corrected chi connectivity index (χ4v) is 1.13. The molecule has 0 aliphatic rings. The monoisotopic (exact) mass is 243 g/mol. The number of halogens is 2. The molecule has 0 atom stereocenters. The molecule has 0 fully saturated rings. The Kier molecular flexibility index (Phi) is 3.58. The second-order valence-electron chi connectivity index (χ2n) is 2.26. The summed E-state index contributed by atoms with van der Waals surface area (Å²) in [5, 5.41) is 1.19. The highest BCUT2D eigenvalue weighted by Crippen LogP contribution is 2.10. The average Bonchev–Trinajstić information content (AvgIpc) is 2.03. The van der Waals surface area contributed by atoms with Crippen molar-refractivity contribution >= 4 is 27.5 Å². The second-order valence-corrected chi connectivity index (χ2v) is 3.21. The maximum atomic E-state index is 5.68. The summed E-state index contributed by atoms with van der Waals surface area (Å²) in [7, 11) is 0. The molecular formula is C9H7BrClN. The summed E-state index contributed by atoms with van der Waals surface area (Å²) in [6.45, 7) is 1.96. The van der Waals surface area contributed by atoms with E-state index in [9.17, 15) is 0 Å². The molecule has 0 spiro atoms. The van der Waals surface area contributed by atoms with Crippen molar-refractivity contribution in [3.05, 3.63) is 28.5 Å². The lowest BCUT2D eigenvalue weighted by Crippen LogP contribution is -1.84. The molecule has 1 aromatic rings. The molecule has 1 nitrogen and oxygen atoms in total. The summed E-state index contributed by atoms with van der Waals surface area (Å²) in [4.78, 5) is 3.94. The minimum absolute atomic E-state index is 0.511. The Hall–Kier alpha value is -0.520. The fraction of sp³-hybridized carbons (Fsp3) is 0.222. The van der Waals surface area contributed by atoms with Crippen molar-refractivity contribution in [3.63, 3.8) is 0 Å². The fourth-order valence-electron chi connectivity index (χ4n) is 0.781. The smallest absolute Gasteiger partial charge is 0.129 e. The van der Waals surface area contributed by atoms with Gasteiger partial charge < -0.3 is 0 Å². The highest BCUT2D eigenvalue weighted by atomic mass is 79.9. The third-order valence-corrected chi connectivity index (χ3v) is 1.85. The summed E-state index contributed by atoms with van der Waals surface area (Å²) < 4.78 is 0. The standard InChI is InChI=1S/C9H7BrClN/c1-7-5-9(11)12-6-8(7)3-2-4-10/h5-6H,4H2,1H3. The largest absolute Gasteiger partial charge is 0.243 e. The molecule has 3 heteroatoms. The molecule has 1 heterocycles. The van der Waals surface area contributed by atoms with Gasteiger partial charge in [-0.2, -0.15) is 0 Å². The maximum Gasteiger partial charge on any atom is 0.129 e. The normalized spacial score (nSPS) is 8.92. The molecule has 1 aromatic heterocycles. The van der Waals surface area contributed by atoms with Crippen molar-refractivity contribution in [2.24, 2.45) is 0 Å². The van der Waals surface area contributed by atoms with Crippen molar-refractivity contribution in [1.29, 1.82) is 0 Å². The summed E-state index contributed by atoms with van der Waals surface area (Å²) in [5.41, 5.74) is 1.99. The van der Waals surface area contributed by atoms with Gasteiger partial charge in [0.15, 0.2) is 0 Å². The van der Waals surface area contributed by atoms with Crippen LogP contribution in [-0.4, -0.2) is 10.3 Å². The lowest BCUT2D eigenvalue weighted by molar-refractivity contribution is 1.27. The van der Waals surface area contributed by atoms with Gasteiger partial charge in [-0.3, -0.25) is 0 Å². The van der Waals surface area contributed by atoms with Crippen molar-refractivity contribution in [1.82, 2.24) is 4.98 Å². The van der Waals surface area contributed by atoms with Gasteiger partial charge in [0.2, 0.25) is 0 Å². The molecule has 0 aromatic carbocycles. The number of rotatable bonds is 0. The van der Waals surface area contributed by atoms with Gasteiger partial charge in [-0.05, 0) is 18.6 Å². The molecule has 0 saturated carbocycles. The first-order chi connectivity index (χ1) is 5.74. The molecule has 62 valence electrons. The van der Waals surface area contributed by atoms with Crippen LogP contribution in [0.2, 0.25) is 5.15 Å². The van der Waals surface area contributed by atoms with Crippen LogP contribution in [0.3, 0.4) is 0 Å². The first-order valence-electron chi connectivity index (χ1n) is 3.41. The van der Waals surface area contributed by atoms with Crippen LogP contribution in [0.15, 0.2) is 12.3 Å². The number of hydrogen-bond acceptors (Lipinski definition) is 1. The van der Waals surface area contributed by atoms with E-state index in [-0.39, 0.29) is 0 Å². The Morgan fingerprint density at radius 2 is 2.42 bits per heavy atom. The van der Waals surface area contributed by atoms with Gasteiger partial charge in [-0.25, -0.2) is 4.98 Å². The molecule has 12 heavy (non-hydrogen) atoms. The van der Waals surface area contributed by atoms with Crippen LogP contribution in [0.1, 0.15) is 11.1 Å². The van der Waals surface area contributed by atoms with E-state index in [1.165, 1.54) is 0 Å². The third-order valence-electron chi connectivity index (χ3n) is 1.37. The van der Waals surface area contributed by atoms with Crippen LogP contribution in [0.5, 0.6) is 0 Å². The number of nitrogens with zero attached hydrogens (tertiary/aromatic N) is 1. The molecule has 0 aliphatic carbocycles. The Bertz CT molecular complexity index is 338. The van der Waals surface area contributed by atoms with Crippen molar-refractivity contribution in [2.45, 2.75) is 6.92 Å². The van der Waals surface area contributed by atoms with E-state index in [0.29, 0.717) is 10.5 Å². The average molecular weight is 245 g/mol. The van der Waals surface area contributed by atoms with E-state index in [1.807, 2.05) is 6.92 Å². The van der Waals surface area contributed by atoms with Crippen molar-refractivity contribution in [2.75, 3.05) is 5.33 Å². The zero-order valence-corrected chi connectivity index (χ0v) is 8.91. The van der Waals surface area contributed by atoms with Crippen LogP contribution in [0.25, 0.3) is 0 Å². The SMILES string of the molecule is Cc1cc(Cl)ncc1C#CCBr. The van der Waals surface area contributed by atoms with E-state index >= 15 is 0 Å². The van der Waals surface area contributed by atoms with Crippen LogP contribution < -0.4 is 0 Å². The number of aromatic nitrogens is 1. The zero-order valence-electron chi connectivity index (χ0n) is 6.56. The molecule has 0 N–H and O–H groups in total. The van der Waals surface area contributed by atoms with E-state index in [0.717, 1.165) is 11.1 Å². The minimum atomic E-state index is 0.511. The highest BCUT2D eigenvalue weighted by Gasteiger charge is 1.95. The molecule has 0 saturated heterocycles.